The van der Waals surface area contributed by atoms with Gasteiger partial charge in [0.05, 0.1) is 16.9 Å². The monoisotopic (exact) mass is 638 g/mol. The molecule has 3 saturated carbocycles. The van der Waals surface area contributed by atoms with Crippen LogP contribution in [0.2, 0.25) is 5.02 Å². The highest BCUT2D eigenvalue weighted by molar-refractivity contribution is 8.14. The topological polar surface area (TPSA) is 97.7 Å². The fourth-order valence-corrected chi connectivity index (χ4v) is 9.76. The number of hydrogen-bond donors (Lipinski definition) is 1. The summed E-state index contributed by atoms with van der Waals surface area (Å²) in [5.41, 5.74) is -7.03. The lowest BCUT2D eigenvalue weighted by atomic mass is 9.44. The molecule has 0 amide bonds. The number of ether oxygens (including phenoxy) is 1. The number of aliphatic hydroxyl groups is 1. The van der Waals surface area contributed by atoms with Crippen LogP contribution in [0.1, 0.15) is 63.7 Å². The predicted octanol–water partition coefficient (Wildman–Crippen LogP) is 6.18. The van der Waals surface area contributed by atoms with Gasteiger partial charge < -0.3 is 9.84 Å². The number of ketones is 2. The van der Waals surface area contributed by atoms with Crippen LogP contribution in [0.15, 0.2) is 42.0 Å². The lowest BCUT2D eigenvalue weighted by Gasteiger charge is -2.63. The molecular weight excluding hydrogens is 605 g/mol. The molecule has 1 aromatic carbocycles. The van der Waals surface area contributed by atoms with E-state index in [9.17, 15) is 28.7 Å². The van der Waals surface area contributed by atoms with E-state index in [1.807, 2.05) is 0 Å². The molecule has 4 aliphatic carbocycles. The first-order valence-electron chi connectivity index (χ1n) is 14.4. The number of esters is 1. The summed E-state index contributed by atoms with van der Waals surface area (Å²) in [5, 5.41) is 10.8. The van der Waals surface area contributed by atoms with Crippen molar-refractivity contribution >= 4 is 46.0 Å². The van der Waals surface area contributed by atoms with E-state index in [0.29, 0.717) is 11.8 Å². The highest BCUT2D eigenvalue weighted by Crippen LogP contribution is 2.72. The normalized spacial score (nSPS) is 39.8. The van der Waals surface area contributed by atoms with Gasteiger partial charge in [-0.15, -0.1) is 0 Å². The van der Waals surface area contributed by atoms with Gasteiger partial charge >= 0.3 is 5.97 Å². The molecule has 0 bridgehead atoms. The maximum absolute atomic E-state index is 17.6. The molecule has 3 fully saturated rings. The molecule has 43 heavy (non-hydrogen) atoms. The number of thioether (sulfide) groups is 1. The number of rotatable bonds is 6. The molecule has 0 aliphatic heterocycles. The largest absolute Gasteiger partial charge is 0.449 e. The van der Waals surface area contributed by atoms with Crippen LogP contribution < -0.4 is 0 Å². The molecule has 0 radical (unpaired) electrons. The minimum absolute atomic E-state index is 0.0119. The molecule has 0 unspecified atom stereocenters. The smallest absolute Gasteiger partial charge is 0.306 e. The predicted molar refractivity (Wildman–Crippen MR) is 156 cm³/mol. The molecule has 1 N–H and O–H groups in total. The second kappa shape index (κ2) is 10.9. The lowest BCUT2D eigenvalue weighted by molar-refractivity contribution is -0.228. The van der Waals surface area contributed by atoms with Gasteiger partial charge in [-0.25, -0.2) is 13.2 Å². The summed E-state index contributed by atoms with van der Waals surface area (Å²) in [5.74, 6) is -5.10. The Hall–Kier alpha value is -2.43. The highest BCUT2D eigenvalue weighted by Gasteiger charge is 2.78. The standard InChI is InChI=1S/C32H34ClF3O6S/c1-5-27(40)42-32(28(41)43-15-25(38)17-6-7-23(34)22(33)11-17)16(2)10-19-20-13-24(35)21-12-18(37)8-9-29(21,3)31(20,36)26(39)14-30(19,32)4/h6-9,11-12,16,19-20,24,26,39H,5,10,13-15H2,1-4H3/t16-,19+,20+,24+,26+,29+,30+,31+,32+/m1/s1. The maximum atomic E-state index is 17.6. The van der Waals surface area contributed by atoms with Crippen molar-refractivity contribution in [2.45, 2.75) is 76.9 Å². The van der Waals surface area contributed by atoms with Crippen LogP contribution in [0.25, 0.3) is 0 Å². The van der Waals surface area contributed by atoms with Crippen molar-refractivity contribution in [1.29, 1.82) is 0 Å². The lowest BCUT2D eigenvalue weighted by Crippen LogP contribution is -2.70. The second-order valence-corrected chi connectivity index (χ2v) is 14.0. The van der Waals surface area contributed by atoms with Crippen molar-refractivity contribution in [1.82, 2.24) is 0 Å². The van der Waals surface area contributed by atoms with Crippen molar-refractivity contribution in [2.24, 2.45) is 28.6 Å². The van der Waals surface area contributed by atoms with Crippen LogP contribution in [0.5, 0.6) is 0 Å². The number of alkyl halides is 2. The van der Waals surface area contributed by atoms with Crippen LogP contribution in [-0.2, 0) is 19.1 Å². The van der Waals surface area contributed by atoms with Crippen LogP contribution in [-0.4, -0.2) is 57.1 Å². The SMILES string of the molecule is CCC(=O)O[C@]1(C(=O)SCC(=O)c2ccc(F)c(Cl)c2)[C@H](C)C[C@H]2[C@@H]3C[C@H](F)C4=CC(=O)C=C[C@]4(C)[C@@]3(F)[C@@H](O)C[C@@]21C. The molecule has 0 heterocycles. The van der Waals surface area contributed by atoms with Crippen molar-refractivity contribution in [3.8, 4) is 0 Å². The fraction of sp³-hybridized carbons (Fsp3) is 0.562. The van der Waals surface area contributed by atoms with Gasteiger partial charge in [-0.3, -0.25) is 19.2 Å². The summed E-state index contributed by atoms with van der Waals surface area (Å²) < 4.78 is 53.0. The summed E-state index contributed by atoms with van der Waals surface area (Å²) in [4.78, 5) is 52.1. The van der Waals surface area contributed by atoms with Crippen LogP contribution in [0.3, 0.4) is 0 Å². The third-order valence-corrected chi connectivity index (χ3v) is 11.9. The third-order valence-electron chi connectivity index (χ3n) is 10.6. The van der Waals surface area contributed by atoms with Gasteiger partial charge in [0, 0.05) is 34.7 Å². The number of halogens is 4. The zero-order valence-corrected chi connectivity index (χ0v) is 25.9. The second-order valence-electron chi connectivity index (χ2n) is 12.7. The number of hydrogen-bond acceptors (Lipinski definition) is 7. The van der Waals surface area contributed by atoms with Gasteiger partial charge in [-0.1, -0.05) is 50.2 Å². The summed E-state index contributed by atoms with van der Waals surface area (Å²) in [7, 11) is 0. The Kier molecular flexibility index (Phi) is 8.09. The minimum atomic E-state index is -2.36. The summed E-state index contributed by atoms with van der Waals surface area (Å²) in [6.45, 7) is 6.44. The van der Waals surface area contributed by atoms with Gasteiger partial charge in [0.15, 0.2) is 22.8 Å². The number of Topliss-reactive ketones (excluding diaryl/α,β-unsaturated/α-hetero) is 1. The van der Waals surface area contributed by atoms with Crippen molar-refractivity contribution in [3.05, 3.63) is 58.4 Å². The molecule has 4 aliphatic rings. The number of benzene rings is 1. The summed E-state index contributed by atoms with van der Waals surface area (Å²) >= 11 is 6.45. The first kappa shape index (κ1) is 32.0. The van der Waals surface area contributed by atoms with E-state index in [4.69, 9.17) is 16.3 Å². The molecule has 0 spiro atoms. The molecule has 5 rings (SSSR count). The number of aliphatic hydroxyl groups excluding tert-OH is 1. The van der Waals surface area contributed by atoms with E-state index >= 15 is 8.78 Å². The van der Waals surface area contributed by atoms with Gasteiger partial charge in [-0.2, -0.15) is 0 Å². The van der Waals surface area contributed by atoms with E-state index in [2.05, 4.69) is 0 Å². The average Bonchev–Trinajstić information content (AvgIpc) is 3.17. The molecular formula is C32H34ClF3O6S. The molecule has 0 saturated heterocycles. The number of carbonyl (C=O) groups is 4. The number of allylic oxidation sites excluding steroid dienone is 4. The molecule has 9 atom stereocenters. The summed E-state index contributed by atoms with van der Waals surface area (Å²) in [6, 6.07) is 3.46. The van der Waals surface area contributed by atoms with E-state index in [1.54, 1.807) is 20.8 Å². The Morgan fingerprint density at radius 1 is 1.19 bits per heavy atom. The Bertz CT molecular complexity index is 1460. The highest BCUT2D eigenvalue weighted by atomic mass is 35.5. The van der Waals surface area contributed by atoms with Crippen molar-refractivity contribution < 1.29 is 42.2 Å². The van der Waals surface area contributed by atoms with Crippen molar-refractivity contribution in [3.63, 3.8) is 0 Å². The average molecular weight is 639 g/mol. The Labute approximate surface area is 257 Å². The van der Waals surface area contributed by atoms with Crippen LogP contribution in [0.4, 0.5) is 13.2 Å². The van der Waals surface area contributed by atoms with Gasteiger partial charge in [0.25, 0.3) is 0 Å². The third kappa shape index (κ3) is 4.49. The van der Waals surface area contributed by atoms with Gasteiger partial charge in [-0.05, 0) is 68.0 Å². The first-order chi connectivity index (χ1) is 20.1. The molecule has 6 nitrogen and oxygen atoms in total. The fourth-order valence-electron chi connectivity index (χ4n) is 8.46. The quantitative estimate of drug-likeness (QED) is 0.294. The van der Waals surface area contributed by atoms with Gasteiger partial charge in [0.1, 0.15) is 12.0 Å². The Morgan fingerprint density at radius 3 is 2.53 bits per heavy atom. The molecule has 232 valence electrons. The Morgan fingerprint density at radius 2 is 1.88 bits per heavy atom. The number of carbonyl (C=O) groups excluding carboxylic acids is 4. The molecule has 1 aromatic rings. The van der Waals surface area contributed by atoms with E-state index in [-0.39, 0.29) is 47.6 Å². The van der Waals surface area contributed by atoms with Crippen molar-refractivity contribution in [2.75, 3.05) is 5.75 Å². The van der Waals surface area contributed by atoms with Crippen LogP contribution in [0, 0.1) is 34.4 Å². The zero-order valence-electron chi connectivity index (χ0n) is 24.3. The Balaban J connectivity index is 1.53. The zero-order chi connectivity index (χ0) is 31.7. The maximum Gasteiger partial charge on any atom is 0.306 e. The van der Waals surface area contributed by atoms with Gasteiger partial charge in [0.2, 0.25) is 5.12 Å². The number of fused-ring (bicyclic) bond motifs is 5. The molecule has 11 heteroatoms. The van der Waals surface area contributed by atoms with E-state index < -0.39 is 80.6 Å². The molecule has 0 aromatic heterocycles. The van der Waals surface area contributed by atoms with E-state index in [1.165, 1.54) is 25.1 Å². The first-order valence-corrected chi connectivity index (χ1v) is 15.8. The van der Waals surface area contributed by atoms with Crippen LogP contribution >= 0.6 is 23.4 Å². The summed E-state index contributed by atoms with van der Waals surface area (Å²) in [6.07, 6.45) is -0.153. The van der Waals surface area contributed by atoms with E-state index in [0.717, 1.165) is 18.2 Å². The minimum Gasteiger partial charge on any atom is -0.449 e.